The molecule has 16 nitrogen and oxygen atoms in total. The molecule has 2 aliphatic rings. The molecule has 1 saturated heterocycles. The Balaban J connectivity index is 1.85. The number of nitrogen functional groups attached to an aromatic ring is 1. The Bertz CT molecular complexity index is 1330. The number of nitrogens with two attached hydrogens (primary N) is 1. The second-order valence-corrected chi connectivity index (χ2v) is 9.11. The molecule has 2 unspecified atom stereocenters. The van der Waals surface area contributed by atoms with E-state index in [1.807, 2.05) is 0 Å². The van der Waals surface area contributed by atoms with Gasteiger partial charge >= 0.3 is 6.03 Å². The number of hydrogen-bond acceptors (Lipinski definition) is 9. The van der Waals surface area contributed by atoms with Crippen LogP contribution in [0.4, 0.5) is 16.3 Å². The quantitative estimate of drug-likeness (QED) is 0.260. The summed E-state index contributed by atoms with van der Waals surface area (Å²) in [4.78, 5) is 41.5. The van der Waals surface area contributed by atoms with Gasteiger partial charge in [-0.05, 0) is 0 Å². The number of aryl methyl sites for hydroxylation is 2. The highest BCUT2D eigenvalue weighted by molar-refractivity contribution is 7.80. The van der Waals surface area contributed by atoms with Crippen molar-refractivity contribution in [1.29, 1.82) is 0 Å². The summed E-state index contributed by atoms with van der Waals surface area (Å²) in [5.41, 5.74) is 6.38. The van der Waals surface area contributed by atoms with Gasteiger partial charge in [-0.25, -0.2) is 13.2 Å². The molecular weight excluding hydrogens is 474 g/mol. The predicted octanol–water partition coefficient (Wildman–Crippen LogP) is -2.27. The van der Waals surface area contributed by atoms with Crippen molar-refractivity contribution in [2.24, 2.45) is 21.1 Å². The van der Waals surface area contributed by atoms with Crippen molar-refractivity contribution in [3.63, 3.8) is 0 Å². The number of urea groups is 1. The van der Waals surface area contributed by atoms with Gasteiger partial charge in [0, 0.05) is 26.7 Å². The molecule has 0 aliphatic carbocycles. The lowest BCUT2D eigenvalue weighted by molar-refractivity contribution is -0.749. The summed E-state index contributed by atoms with van der Waals surface area (Å²) in [6.45, 7) is -0.208. The molecule has 184 valence electrons. The van der Waals surface area contributed by atoms with E-state index in [9.17, 15) is 27.4 Å². The maximum atomic E-state index is 13.2. The molecule has 0 radical (unpaired) electrons. The topological polar surface area (TPSA) is 192 Å². The number of nitrogens with zero attached hydrogens (tertiary/aromatic N) is 7. The molecule has 2 aliphatic heterocycles. The number of aromatic nitrogens is 4. The fourth-order valence-electron chi connectivity index (χ4n) is 4.18. The number of likely N-dealkylation sites (N-methyl/N-ethyl adjacent to an activating group) is 1. The Morgan fingerprint density at radius 3 is 2.53 bits per heavy atom. The van der Waals surface area contributed by atoms with E-state index in [0.717, 1.165) is 4.90 Å². The van der Waals surface area contributed by atoms with Crippen LogP contribution in [-0.4, -0.2) is 80.8 Å². The van der Waals surface area contributed by atoms with Crippen molar-refractivity contribution in [3.8, 4) is 0 Å². The van der Waals surface area contributed by atoms with E-state index in [1.54, 1.807) is 29.7 Å². The van der Waals surface area contributed by atoms with Gasteiger partial charge in [-0.3, -0.25) is 14.3 Å². The van der Waals surface area contributed by atoms with Crippen LogP contribution in [0.1, 0.15) is 33.8 Å². The van der Waals surface area contributed by atoms with Gasteiger partial charge in [0.05, 0.1) is 19.3 Å². The molecule has 2 bridgehead atoms. The maximum Gasteiger partial charge on any atom is 0.346 e. The number of hydrogen-bond donors (Lipinski definition) is 2. The Morgan fingerprint density at radius 2 is 2.00 bits per heavy atom. The van der Waals surface area contributed by atoms with Crippen LogP contribution < -0.4 is 15.7 Å². The average Bonchev–Trinajstić information content (AvgIpc) is 3.30. The molecule has 34 heavy (non-hydrogen) atoms. The first-order chi connectivity index (χ1) is 15.7. The van der Waals surface area contributed by atoms with Gasteiger partial charge in [-0.15, -0.1) is 9.36 Å². The molecule has 17 heteroatoms. The molecule has 0 aromatic carbocycles. The van der Waals surface area contributed by atoms with E-state index in [2.05, 4.69) is 14.7 Å². The number of nitrogens with one attached hydrogen (secondary N) is 1. The van der Waals surface area contributed by atoms with E-state index in [1.165, 1.54) is 30.7 Å². The Hall–Kier alpha value is -3.70. The summed E-state index contributed by atoms with van der Waals surface area (Å²) in [6.07, 6.45) is 1.57. The smallest absolute Gasteiger partial charge is 0.346 e. The molecule has 4 rings (SSSR count). The van der Waals surface area contributed by atoms with Crippen LogP contribution in [0.25, 0.3) is 0 Å². The van der Waals surface area contributed by atoms with Gasteiger partial charge in [-0.1, -0.05) is 0 Å². The van der Waals surface area contributed by atoms with Crippen LogP contribution in [0.3, 0.4) is 0 Å². The normalized spacial score (nSPS) is 19.4. The number of rotatable bonds is 5. The molecule has 1 fully saturated rings. The van der Waals surface area contributed by atoms with Crippen molar-refractivity contribution < 1.29 is 36.3 Å². The van der Waals surface area contributed by atoms with E-state index >= 15 is 0 Å². The fourth-order valence-corrected chi connectivity index (χ4v) is 4.55. The summed E-state index contributed by atoms with van der Waals surface area (Å²) in [6, 6.07) is -3.42. The van der Waals surface area contributed by atoms with Crippen LogP contribution in [0.2, 0.25) is 0 Å². The van der Waals surface area contributed by atoms with Crippen LogP contribution in [0.15, 0.2) is 6.20 Å². The average molecular weight is 497 g/mol. The molecule has 3 N–H and O–H groups in total. The highest BCUT2D eigenvalue weighted by atomic mass is 32.3. The van der Waals surface area contributed by atoms with Crippen LogP contribution in [0.5, 0.6) is 0 Å². The second kappa shape index (κ2) is 7.67. The first-order valence-electron chi connectivity index (χ1n) is 9.88. The number of fused-ring (bicyclic) bond motifs is 4. The van der Waals surface area contributed by atoms with Gasteiger partial charge < -0.3 is 25.4 Å². The van der Waals surface area contributed by atoms with Crippen molar-refractivity contribution in [3.05, 3.63) is 23.1 Å². The minimum absolute atomic E-state index is 0.0878. The van der Waals surface area contributed by atoms with E-state index < -0.39 is 40.3 Å². The highest BCUT2D eigenvalue weighted by Gasteiger charge is 2.55. The van der Waals surface area contributed by atoms with Gasteiger partial charge in [0.15, 0.2) is 30.3 Å². The zero-order chi connectivity index (χ0) is 25.3. The van der Waals surface area contributed by atoms with Crippen molar-refractivity contribution >= 4 is 39.7 Å². The zero-order valence-electron chi connectivity index (χ0n) is 18.9. The number of carbonyl (C=O) groups is 3. The lowest BCUT2D eigenvalue weighted by Crippen LogP contribution is -2.44. The minimum Gasteiger partial charge on any atom is -0.724 e. The van der Waals surface area contributed by atoms with Crippen molar-refractivity contribution in [2.75, 3.05) is 31.7 Å². The van der Waals surface area contributed by atoms with E-state index in [0.29, 0.717) is 5.06 Å². The van der Waals surface area contributed by atoms with Crippen molar-refractivity contribution in [1.82, 2.24) is 29.3 Å². The Kier molecular flexibility index (Phi) is 5.29. The minimum atomic E-state index is -5.33. The summed E-state index contributed by atoms with van der Waals surface area (Å²) < 4.78 is 42.8. The Morgan fingerprint density at radius 1 is 1.35 bits per heavy atom. The molecule has 2 aromatic heterocycles. The highest BCUT2D eigenvalue weighted by Crippen LogP contribution is 2.46. The van der Waals surface area contributed by atoms with E-state index in [4.69, 9.17) is 5.73 Å². The van der Waals surface area contributed by atoms with E-state index in [-0.39, 0.29) is 35.0 Å². The zero-order valence-corrected chi connectivity index (χ0v) is 19.7. The summed E-state index contributed by atoms with van der Waals surface area (Å²) in [5, 5.41) is 7.24. The molecule has 4 amide bonds. The largest absolute Gasteiger partial charge is 0.724 e. The number of carbonyl (C=O) groups excluding carboxylic acids is 3. The number of amides is 4. The standard InChI is InChI=1S/C17H23N9O7S/c1-21(2)16(28)13-12-10(9-7-25(13)17(29)26(9)33-34(30,31)32)11(20-23(12)4)15(27)19-8-6-22(3)24(5)14(8)18/h6,9,13,18H,7H2,1-5H3,(H2,19,27,30,31,32). The number of anilines is 2. The molecular formula is C17H23N9O7S. The third-order valence-corrected chi connectivity index (χ3v) is 6.19. The molecule has 2 aromatic rings. The third kappa shape index (κ3) is 3.53. The van der Waals surface area contributed by atoms with Crippen molar-refractivity contribution in [2.45, 2.75) is 12.1 Å². The van der Waals surface area contributed by atoms with Crippen LogP contribution in [-0.2, 0) is 40.6 Å². The van der Waals surface area contributed by atoms with Gasteiger partial charge in [0.25, 0.3) is 11.8 Å². The first-order valence-corrected chi connectivity index (χ1v) is 11.2. The van der Waals surface area contributed by atoms with Gasteiger partial charge in [-0.2, -0.15) is 14.4 Å². The monoisotopic (exact) mass is 497 g/mol. The molecule has 4 heterocycles. The predicted molar refractivity (Wildman–Crippen MR) is 111 cm³/mol. The number of hydroxylamine groups is 2. The second-order valence-electron chi connectivity index (χ2n) is 8.15. The summed E-state index contributed by atoms with van der Waals surface area (Å²) in [7, 11) is 2.50. The third-order valence-electron chi connectivity index (χ3n) is 5.84. The Labute approximate surface area is 193 Å². The lowest BCUT2D eigenvalue weighted by Gasteiger charge is -2.32. The maximum absolute atomic E-state index is 13.2. The molecule has 0 saturated carbocycles. The van der Waals surface area contributed by atoms with Gasteiger partial charge in [0.1, 0.15) is 6.04 Å². The summed E-state index contributed by atoms with van der Waals surface area (Å²) in [5.74, 6) is -0.983. The SMILES string of the molecule is CN(C)C(=O)C1c2c(c(C(=O)Nc3c[n+](C)n(C)c3N)nn2C)C2CN1C(=O)N2OS(=O)(=O)[O-]. The van der Waals surface area contributed by atoms with Crippen LogP contribution >= 0.6 is 0 Å². The summed E-state index contributed by atoms with van der Waals surface area (Å²) >= 11 is 0. The molecule has 2 atom stereocenters. The van der Waals surface area contributed by atoms with Gasteiger partial charge in [0.2, 0.25) is 16.6 Å². The molecule has 0 spiro atoms. The fraction of sp³-hybridized carbons (Fsp3) is 0.471. The lowest BCUT2D eigenvalue weighted by atomic mass is 9.94. The first kappa shape index (κ1) is 23.5. The van der Waals surface area contributed by atoms with Crippen LogP contribution in [0, 0.1) is 0 Å².